The molecule has 184 valence electrons. The van der Waals surface area contributed by atoms with E-state index in [4.69, 9.17) is 19.0 Å². The first-order valence-corrected chi connectivity index (χ1v) is 12.5. The Bertz CT molecular complexity index is 1110. The zero-order valence-electron chi connectivity index (χ0n) is 21.1. The number of ether oxygens (including phenoxy) is 2. The summed E-state index contributed by atoms with van der Waals surface area (Å²) in [6, 6.07) is 7.00. The maximum atomic E-state index is 11.9. The molecule has 1 saturated carbocycles. The van der Waals surface area contributed by atoms with Crippen LogP contribution in [0, 0.1) is 13.8 Å². The number of rotatable bonds is 8. The maximum Gasteiger partial charge on any atom is 0.332 e. The van der Waals surface area contributed by atoms with E-state index in [1.54, 1.807) is 0 Å². The molecular weight excluding hydrogens is 430 g/mol. The van der Waals surface area contributed by atoms with E-state index < -0.39 is 5.60 Å². The number of nitrogens with zero attached hydrogens (tertiary/aromatic N) is 3. The molecule has 2 aromatic heterocycles. The van der Waals surface area contributed by atoms with Gasteiger partial charge in [-0.15, -0.1) is 0 Å². The normalized spacial score (nSPS) is 15.2. The van der Waals surface area contributed by atoms with Crippen molar-refractivity contribution in [3.8, 4) is 11.1 Å². The molecule has 0 amide bonds. The summed E-state index contributed by atoms with van der Waals surface area (Å²) < 4.78 is 18.7. The lowest BCUT2D eigenvalue weighted by Gasteiger charge is -2.25. The van der Waals surface area contributed by atoms with Crippen LogP contribution >= 0.6 is 0 Å². The first-order valence-electron chi connectivity index (χ1n) is 12.5. The van der Waals surface area contributed by atoms with Gasteiger partial charge in [-0.05, 0) is 71.6 Å². The second-order valence-electron chi connectivity index (χ2n) is 10.3. The van der Waals surface area contributed by atoms with Crippen LogP contribution in [0.15, 0.2) is 22.7 Å². The van der Waals surface area contributed by atoms with Crippen molar-refractivity contribution in [2.45, 2.75) is 91.2 Å². The van der Waals surface area contributed by atoms with E-state index in [0.717, 1.165) is 46.8 Å². The van der Waals surface area contributed by atoms with Gasteiger partial charge < -0.3 is 18.6 Å². The van der Waals surface area contributed by atoms with Gasteiger partial charge in [0.15, 0.2) is 0 Å². The van der Waals surface area contributed by atoms with E-state index in [1.807, 2.05) is 34.6 Å². The topological polar surface area (TPSA) is 79.4 Å². The number of esters is 1. The third kappa shape index (κ3) is 5.69. The molecule has 1 aromatic carbocycles. The molecule has 34 heavy (non-hydrogen) atoms. The third-order valence-electron chi connectivity index (χ3n) is 6.35. The fourth-order valence-corrected chi connectivity index (χ4v) is 4.98. The summed E-state index contributed by atoms with van der Waals surface area (Å²) in [5, 5.41) is 4.11. The number of hydrogen-bond donors (Lipinski definition) is 0. The van der Waals surface area contributed by atoms with Gasteiger partial charge in [0.25, 0.3) is 0 Å². The molecule has 0 unspecified atom stereocenters. The lowest BCUT2D eigenvalue weighted by molar-refractivity contribution is -0.160. The second kappa shape index (κ2) is 10.3. The number of fused-ring (bicyclic) bond motifs is 1. The van der Waals surface area contributed by atoms with Crippen molar-refractivity contribution in [1.82, 2.24) is 14.7 Å². The molecule has 3 aromatic rings. The Labute approximate surface area is 201 Å². The minimum absolute atomic E-state index is 0.0168. The smallest absolute Gasteiger partial charge is 0.332 e. The van der Waals surface area contributed by atoms with Gasteiger partial charge >= 0.3 is 5.97 Å². The van der Waals surface area contributed by atoms with Gasteiger partial charge in [0.1, 0.15) is 23.8 Å². The van der Waals surface area contributed by atoms with Crippen LogP contribution in [0.4, 0.5) is 0 Å². The quantitative estimate of drug-likeness (QED) is 0.294. The van der Waals surface area contributed by atoms with Gasteiger partial charge in [-0.1, -0.05) is 30.5 Å². The number of carbonyl (C=O) groups is 1. The minimum atomic E-state index is -0.492. The lowest BCUT2D eigenvalue weighted by Crippen LogP contribution is -2.26. The minimum Gasteiger partial charge on any atom is -0.458 e. The lowest BCUT2D eigenvalue weighted by atomic mass is 9.95. The van der Waals surface area contributed by atoms with E-state index in [2.05, 4.69) is 27.9 Å². The Kier molecular flexibility index (Phi) is 7.41. The molecule has 1 aliphatic carbocycles. The van der Waals surface area contributed by atoms with Crippen molar-refractivity contribution in [2.24, 2.45) is 0 Å². The Morgan fingerprint density at radius 1 is 1.18 bits per heavy atom. The molecule has 0 bridgehead atoms. The van der Waals surface area contributed by atoms with Crippen LogP contribution in [0.5, 0.6) is 0 Å². The summed E-state index contributed by atoms with van der Waals surface area (Å²) in [4.78, 5) is 16.9. The van der Waals surface area contributed by atoms with Gasteiger partial charge in [0.05, 0.1) is 16.7 Å². The fraction of sp³-hybridized carbons (Fsp3) is 0.593. The molecule has 0 N–H and O–H groups in total. The van der Waals surface area contributed by atoms with E-state index in [0.29, 0.717) is 12.6 Å². The predicted molar refractivity (Wildman–Crippen MR) is 132 cm³/mol. The zero-order valence-corrected chi connectivity index (χ0v) is 21.1. The van der Waals surface area contributed by atoms with E-state index >= 15 is 0 Å². The zero-order chi connectivity index (χ0) is 24.3. The highest BCUT2D eigenvalue weighted by Crippen LogP contribution is 2.35. The second-order valence-corrected chi connectivity index (χ2v) is 10.3. The third-order valence-corrected chi connectivity index (χ3v) is 6.35. The van der Waals surface area contributed by atoms with E-state index in [-0.39, 0.29) is 12.6 Å². The molecule has 0 saturated heterocycles. The van der Waals surface area contributed by atoms with Crippen molar-refractivity contribution >= 4 is 17.0 Å². The van der Waals surface area contributed by atoms with Gasteiger partial charge in [-0.25, -0.2) is 9.78 Å². The van der Waals surface area contributed by atoms with Crippen LogP contribution in [0.2, 0.25) is 0 Å². The molecule has 0 atom stereocenters. The molecule has 1 fully saturated rings. The first kappa shape index (κ1) is 24.5. The number of aromatic nitrogens is 3. The summed E-state index contributed by atoms with van der Waals surface area (Å²) in [6.45, 7) is 9.98. The van der Waals surface area contributed by atoms with Gasteiger partial charge in [-0.2, -0.15) is 0 Å². The summed E-state index contributed by atoms with van der Waals surface area (Å²) in [5.41, 5.74) is 4.73. The predicted octanol–water partition coefficient (Wildman–Crippen LogP) is 6.10. The van der Waals surface area contributed by atoms with Crippen LogP contribution < -0.4 is 0 Å². The van der Waals surface area contributed by atoms with Crippen molar-refractivity contribution in [3.05, 3.63) is 35.5 Å². The molecule has 1 aliphatic rings. The van der Waals surface area contributed by atoms with Crippen molar-refractivity contribution in [2.75, 3.05) is 13.2 Å². The summed E-state index contributed by atoms with van der Waals surface area (Å²) >= 11 is 0. The molecule has 4 rings (SSSR count). The highest BCUT2D eigenvalue weighted by molar-refractivity contribution is 5.83. The molecule has 0 radical (unpaired) electrons. The monoisotopic (exact) mass is 467 g/mol. The van der Waals surface area contributed by atoms with Gasteiger partial charge in [-0.3, -0.25) is 0 Å². The van der Waals surface area contributed by atoms with E-state index in [9.17, 15) is 4.79 Å². The summed E-state index contributed by atoms with van der Waals surface area (Å²) in [5.74, 6) is 1.60. The van der Waals surface area contributed by atoms with Gasteiger partial charge in [0.2, 0.25) is 0 Å². The highest BCUT2D eigenvalue weighted by Gasteiger charge is 2.22. The fourth-order valence-electron chi connectivity index (χ4n) is 4.98. The maximum absolute atomic E-state index is 11.9. The van der Waals surface area contributed by atoms with Crippen molar-refractivity contribution < 1.29 is 18.8 Å². The molecule has 0 aliphatic heterocycles. The Morgan fingerprint density at radius 2 is 1.94 bits per heavy atom. The summed E-state index contributed by atoms with van der Waals surface area (Å²) in [6.07, 6.45) is 7.83. The average Bonchev–Trinajstić information content (AvgIpc) is 3.31. The highest BCUT2D eigenvalue weighted by atomic mass is 16.6. The van der Waals surface area contributed by atoms with Crippen LogP contribution in [0.3, 0.4) is 0 Å². The number of aryl methyl sites for hydroxylation is 3. The largest absolute Gasteiger partial charge is 0.458 e. The van der Waals surface area contributed by atoms with Crippen LogP contribution in [0.1, 0.15) is 82.6 Å². The number of hydrogen-bond acceptors (Lipinski definition) is 6. The Morgan fingerprint density at radius 3 is 2.62 bits per heavy atom. The Hall–Kier alpha value is -2.67. The van der Waals surface area contributed by atoms with Crippen LogP contribution in [-0.2, 0) is 20.7 Å². The molecule has 7 heteroatoms. The number of carbonyl (C=O) groups excluding carboxylic acids is 1. The number of imidazole rings is 1. The molecule has 7 nitrogen and oxygen atoms in total. The number of benzene rings is 1. The van der Waals surface area contributed by atoms with Crippen molar-refractivity contribution in [3.63, 3.8) is 0 Å². The van der Waals surface area contributed by atoms with E-state index in [1.165, 1.54) is 37.6 Å². The molecule has 0 spiro atoms. The standard InChI is InChI=1S/C27H37N3O4/c1-18-26(19(2)34-29-18)20-13-14-23-22(16-20)28-24(30(23)21-10-7-6-8-11-21)12-9-15-32-17-25(31)33-27(3,4)5/h13-14,16,21H,6-12,15,17H2,1-5H3. The van der Waals surface area contributed by atoms with Gasteiger partial charge in [0, 0.05) is 24.6 Å². The SMILES string of the molecule is Cc1noc(C)c1-c1ccc2c(c1)nc(CCCOCC(=O)OC(C)(C)C)n2C1CCCCC1. The summed E-state index contributed by atoms with van der Waals surface area (Å²) in [7, 11) is 0. The first-order chi connectivity index (χ1) is 16.2. The molecular formula is C27H37N3O4. The average molecular weight is 468 g/mol. The van der Waals surface area contributed by atoms with Crippen LogP contribution in [0.25, 0.3) is 22.2 Å². The molecule has 2 heterocycles. The Balaban J connectivity index is 1.51. The van der Waals surface area contributed by atoms with Crippen molar-refractivity contribution in [1.29, 1.82) is 0 Å². The van der Waals surface area contributed by atoms with Crippen LogP contribution in [-0.4, -0.2) is 39.5 Å².